The van der Waals surface area contributed by atoms with E-state index in [4.69, 9.17) is 0 Å². The van der Waals surface area contributed by atoms with Crippen LogP contribution in [0.4, 0.5) is 0 Å². The van der Waals surface area contributed by atoms with E-state index in [1.807, 2.05) is 0 Å². The molecule has 122 valence electrons. The minimum atomic E-state index is 1.20. The fourth-order valence-corrected chi connectivity index (χ4v) is 4.54. The van der Waals surface area contributed by atoms with Gasteiger partial charge >= 0.3 is 0 Å². The number of benzene rings is 4. The molecule has 0 amide bonds. The van der Waals surface area contributed by atoms with E-state index >= 15 is 0 Å². The molecule has 26 heavy (non-hydrogen) atoms. The van der Waals surface area contributed by atoms with Crippen LogP contribution in [0.25, 0.3) is 55.5 Å². The van der Waals surface area contributed by atoms with E-state index in [0.29, 0.717) is 0 Å². The number of allylic oxidation sites excluding steroid dienone is 2. The number of fused-ring (bicyclic) bond motifs is 11. The number of rotatable bonds is 0. The van der Waals surface area contributed by atoms with E-state index in [0.717, 1.165) is 0 Å². The van der Waals surface area contributed by atoms with Crippen LogP contribution in [0.15, 0.2) is 66.7 Å². The Bertz CT molecular complexity index is 1430. The summed E-state index contributed by atoms with van der Waals surface area (Å²) in [6.45, 7) is 2.24. The van der Waals surface area contributed by atoms with Gasteiger partial charge in [-0.25, -0.2) is 0 Å². The smallest absolute Gasteiger partial charge is 0.0551 e. The third-order valence-electron chi connectivity index (χ3n) is 5.77. The Morgan fingerprint density at radius 1 is 0.692 bits per heavy atom. The first kappa shape index (κ1) is 13.9. The number of nitrogens with one attached hydrogen (secondary N) is 1. The summed E-state index contributed by atoms with van der Waals surface area (Å²) in [5, 5.41) is 7.94. The van der Waals surface area contributed by atoms with Crippen molar-refractivity contribution >= 4 is 55.5 Å². The highest BCUT2D eigenvalue weighted by atomic mass is 14.7. The molecule has 1 aliphatic carbocycles. The molecule has 0 saturated heterocycles. The Morgan fingerprint density at radius 3 is 2.31 bits per heavy atom. The topological polar surface area (TPSA) is 15.8 Å². The monoisotopic (exact) mass is 331 g/mol. The third-order valence-corrected chi connectivity index (χ3v) is 5.77. The molecule has 1 aliphatic rings. The standard InChI is InChI=1S/C25H17N/c1-15-16-8-2-3-9-17(15)23-21(14-16)18-10-4-5-11-19(18)25-24(23)20-12-6-7-13-22(20)26-25/h2-14,26H,1H3. The van der Waals surface area contributed by atoms with Crippen molar-refractivity contribution in [3.63, 3.8) is 0 Å². The van der Waals surface area contributed by atoms with Crippen molar-refractivity contribution in [2.45, 2.75) is 6.92 Å². The molecular formula is C25H17N. The van der Waals surface area contributed by atoms with Crippen LogP contribution in [0.1, 0.15) is 16.7 Å². The molecule has 0 aliphatic heterocycles. The van der Waals surface area contributed by atoms with Crippen LogP contribution in [-0.2, 0) is 0 Å². The van der Waals surface area contributed by atoms with Crippen molar-refractivity contribution in [3.05, 3.63) is 83.4 Å². The maximum atomic E-state index is 3.69. The van der Waals surface area contributed by atoms with Crippen LogP contribution in [-0.4, -0.2) is 4.98 Å². The zero-order valence-electron chi connectivity index (χ0n) is 14.5. The van der Waals surface area contributed by atoms with Gasteiger partial charge in [-0.3, -0.25) is 0 Å². The summed E-state index contributed by atoms with van der Waals surface area (Å²) in [5.41, 5.74) is 6.43. The van der Waals surface area contributed by atoms with E-state index in [9.17, 15) is 0 Å². The molecule has 0 saturated carbocycles. The van der Waals surface area contributed by atoms with E-state index in [-0.39, 0.29) is 0 Å². The number of para-hydroxylation sites is 1. The van der Waals surface area contributed by atoms with Crippen molar-refractivity contribution in [2.75, 3.05) is 0 Å². The summed E-state index contributed by atoms with van der Waals surface area (Å²) in [4.78, 5) is 3.69. The second kappa shape index (κ2) is 4.86. The molecule has 1 N–H and O–H groups in total. The summed E-state index contributed by atoms with van der Waals surface area (Å²) in [7, 11) is 0. The molecule has 1 heteroatoms. The zero-order chi connectivity index (χ0) is 17.3. The summed E-state index contributed by atoms with van der Waals surface area (Å²) in [5.74, 6) is 0. The summed E-state index contributed by atoms with van der Waals surface area (Å²) >= 11 is 0. The molecule has 6 rings (SSSR count). The zero-order valence-corrected chi connectivity index (χ0v) is 14.5. The van der Waals surface area contributed by atoms with E-state index in [2.05, 4.69) is 90.8 Å². The number of H-pyrrole nitrogens is 1. The molecule has 2 bridgehead atoms. The van der Waals surface area contributed by atoms with Crippen molar-refractivity contribution in [3.8, 4) is 0 Å². The molecule has 0 fully saturated rings. The summed E-state index contributed by atoms with van der Waals surface area (Å²) in [6.07, 6.45) is 8.78. The molecule has 0 atom stereocenters. The Kier molecular flexibility index (Phi) is 2.60. The van der Waals surface area contributed by atoms with Crippen LogP contribution >= 0.6 is 0 Å². The van der Waals surface area contributed by atoms with Crippen LogP contribution in [0.2, 0.25) is 0 Å². The van der Waals surface area contributed by atoms with Gasteiger partial charge in [0.05, 0.1) is 5.52 Å². The molecule has 1 nitrogen and oxygen atoms in total. The third kappa shape index (κ3) is 1.65. The van der Waals surface area contributed by atoms with Crippen molar-refractivity contribution < 1.29 is 0 Å². The summed E-state index contributed by atoms with van der Waals surface area (Å²) in [6, 6.07) is 19.8. The lowest BCUT2D eigenvalue weighted by Crippen LogP contribution is -1.91. The lowest BCUT2D eigenvalue weighted by molar-refractivity contribution is 1.46. The van der Waals surface area contributed by atoms with Gasteiger partial charge in [0.1, 0.15) is 0 Å². The molecular weight excluding hydrogens is 314 g/mol. The van der Waals surface area contributed by atoms with Gasteiger partial charge in [-0.2, -0.15) is 0 Å². The number of hydrogen-bond acceptors (Lipinski definition) is 0. The highest BCUT2D eigenvalue weighted by Gasteiger charge is 2.18. The Morgan fingerprint density at radius 2 is 1.42 bits per heavy atom. The van der Waals surface area contributed by atoms with Crippen LogP contribution in [0.3, 0.4) is 0 Å². The molecule has 5 aromatic rings. The number of aromatic nitrogens is 1. The van der Waals surface area contributed by atoms with Crippen LogP contribution < -0.4 is 0 Å². The molecule has 0 spiro atoms. The second-order valence-electron chi connectivity index (χ2n) is 7.11. The quantitative estimate of drug-likeness (QED) is 0.295. The molecule has 0 unspecified atom stereocenters. The lowest BCUT2D eigenvalue weighted by atomic mass is 9.89. The van der Waals surface area contributed by atoms with Crippen LogP contribution in [0.5, 0.6) is 0 Å². The highest BCUT2D eigenvalue weighted by Crippen LogP contribution is 2.42. The van der Waals surface area contributed by atoms with E-state index in [1.54, 1.807) is 0 Å². The van der Waals surface area contributed by atoms with Gasteiger partial charge in [-0.1, -0.05) is 66.8 Å². The first-order chi connectivity index (χ1) is 12.8. The molecule has 0 radical (unpaired) electrons. The largest absolute Gasteiger partial charge is 0.354 e. The number of hydrogen-bond donors (Lipinski definition) is 1. The minimum Gasteiger partial charge on any atom is -0.354 e. The van der Waals surface area contributed by atoms with Gasteiger partial charge in [0.15, 0.2) is 0 Å². The normalized spacial score (nSPS) is 13.3. The second-order valence-corrected chi connectivity index (χ2v) is 7.11. The average molecular weight is 331 g/mol. The first-order valence-corrected chi connectivity index (χ1v) is 9.06. The Labute approximate surface area is 151 Å². The van der Waals surface area contributed by atoms with Gasteiger partial charge < -0.3 is 4.98 Å². The predicted octanol–water partition coefficient (Wildman–Crippen LogP) is 6.98. The van der Waals surface area contributed by atoms with Gasteiger partial charge in [0.2, 0.25) is 0 Å². The van der Waals surface area contributed by atoms with E-state index < -0.39 is 0 Å². The SMILES string of the molecule is Cc1c2cc3c4ccccc4c4[nH]c5ccccc5c4c3c1C=CC=C2. The van der Waals surface area contributed by atoms with Crippen LogP contribution in [0, 0.1) is 6.92 Å². The highest BCUT2D eigenvalue weighted by molar-refractivity contribution is 6.33. The van der Waals surface area contributed by atoms with Gasteiger partial charge in [-0.05, 0) is 51.9 Å². The minimum absolute atomic E-state index is 1.20. The predicted molar refractivity (Wildman–Crippen MR) is 114 cm³/mol. The average Bonchev–Trinajstić information content (AvgIpc) is 3.02. The molecule has 4 aromatic carbocycles. The summed E-state index contributed by atoms with van der Waals surface area (Å²) < 4.78 is 0. The number of aromatic amines is 1. The van der Waals surface area contributed by atoms with Gasteiger partial charge in [-0.15, -0.1) is 0 Å². The van der Waals surface area contributed by atoms with Crippen molar-refractivity contribution in [2.24, 2.45) is 0 Å². The first-order valence-electron chi connectivity index (χ1n) is 9.06. The Balaban J connectivity index is 2.05. The van der Waals surface area contributed by atoms with Gasteiger partial charge in [0, 0.05) is 21.7 Å². The maximum absolute atomic E-state index is 3.69. The fourth-order valence-electron chi connectivity index (χ4n) is 4.54. The Hall–Kier alpha value is -3.32. The van der Waals surface area contributed by atoms with E-state index in [1.165, 1.54) is 60.0 Å². The lowest BCUT2D eigenvalue weighted by Gasteiger charge is -2.14. The molecule has 1 heterocycles. The fraction of sp³-hybridized carbons (Fsp3) is 0.0400. The van der Waals surface area contributed by atoms with Gasteiger partial charge in [0.25, 0.3) is 0 Å². The molecule has 1 aromatic heterocycles. The maximum Gasteiger partial charge on any atom is 0.0551 e. The van der Waals surface area contributed by atoms with Crippen molar-refractivity contribution in [1.82, 2.24) is 4.98 Å². The van der Waals surface area contributed by atoms with Crippen molar-refractivity contribution in [1.29, 1.82) is 0 Å².